The van der Waals surface area contributed by atoms with Gasteiger partial charge in [0, 0.05) is 21.4 Å². The summed E-state index contributed by atoms with van der Waals surface area (Å²) in [7, 11) is -3.69. The van der Waals surface area contributed by atoms with Crippen molar-refractivity contribution in [1.29, 1.82) is 0 Å². The molecule has 5 nitrogen and oxygen atoms in total. The first kappa shape index (κ1) is 24.2. The number of halogens is 1. The second-order valence-corrected chi connectivity index (χ2v) is 10.6. The van der Waals surface area contributed by atoms with Crippen LogP contribution in [-0.4, -0.2) is 26.6 Å². The van der Waals surface area contributed by atoms with Crippen LogP contribution < -0.4 is 9.62 Å². The molecule has 0 aromatic heterocycles. The van der Waals surface area contributed by atoms with E-state index in [2.05, 4.69) is 17.4 Å². The summed E-state index contributed by atoms with van der Waals surface area (Å²) in [6.45, 7) is 1.78. The van der Waals surface area contributed by atoms with Crippen LogP contribution in [0.2, 0.25) is 5.02 Å². The van der Waals surface area contributed by atoms with Crippen molar-refractivity contribution in [1.82, 2.24) is 0 Å². The molecule has 0 saturated heterocycles. The Labute approximate surface area is 198 Å². The lowest BCUT2D eigenvalue weighted by Crippen LogP contribution is -2.46. The summed E-state index contributed by atoms with van der Waals surface area (Å²) >= 11 is 7.67. The van der Waals surface area contributed by atoms with E-state index in [0.29, 0.717) is 22.8 Å². The Bertz CT molecular complexity index is 1140. The monoisotopic (exact) mass is 488 g/mol. The third kappa shape index (κ3) is 6.51. The topological polar surface area (TPSA) is 66.5 Å². The second-order valence-electron chi connectivity index (χ2n) is 7.25. The SMILES string of the molecule is CC[C@@H](C(=O)Nc1ccc(CSc2ccccc2)cc1)N(c1ccc(Cl)cc1)S(C)(=O)=O. The van der Waals surface area contributed by atoms with Crippen molar-refractivity contribution >= 4 is 50.7 Å². The van der Waals surface area contributed by atoms with Crippen LogP contribution in [0.4, 0.5) is 11.4 Å². The Balaban J connectivity index is 1.71. The molecule has 0 fully saturated rings. The van der Waals surface area contributed by atoms with Crippen LogP contribution in [0.25, 0.3) is 0 Å². The van der Waals surface area contributed by atoms with Crippen LogP contribution >= 0.6 is 23.4 Å². The number of amides is 1. The van der Waals surface area contributed by atoms with Gasteiger partial charge in [-0.2, -0.15) is 0 Å². The molecule has 3 aromatic rings. The highest BCUT2D eigenvalue weighted by Gasteiger charge is 2.31. The van der Waals surface area contributed by atoms with Crippen molar-refractivity contribution in [3.63, 3.8) is 0 Å². The van der Waals surface area contributed by atoms with Crippen LogP contribution in [0.5, 0.6) is 0 Å². The summed E-state index contributed by atoms with van der Waals surface area (Å²) in [6, 6.07) is 23.2. The third-order valence-corrected chi connectivity index (χ3v) is 7.30. The molecule has 1 N–H and O–H groups in total. The standard InChI is InChI=1S/C24H25ClN2O3S2/c1-3-23(27(32(2,29)30)21-15-11-19(25)12-16-21)24(28)26-20-13-9-18(10-14-20)17-31-22-7-5-4-6-8-22/h4-16,23H,3,17H2,1-2H3,(H,26,28)/t23-/m0/s1. The van der Waals surface area contributed by atoms with E-state index >= 15 is 0 Å². The van der Waals surface area contributed by atoms with E-state index in [1.165, 1.54) is 4.90 Å². The molecule has 0 aliphatic carbocycles. The van der Waals surface area contributed by atoms with E-state index in [1.54, 1.807) is 43.0 Å². The molecule has 0 spiro atoms. The highest BCUT2D eigenvalue weighted by atomic mass is 35.5. The van der Waals surface area contributed by atoms with E-state index < -0.39 is 16.1 Å². The first-order valence-corrected chi connectivity index (χ1v) is 13.3. The Morgan fingerprint density at radius 3 is 2.19 bits per heavy atom. The number of sulfonamides is 1. The molecular formula is C24H25ClN2O3S2. The van der Waals surface area contributed by atoms with E-state index in [1.807, 2.05) is 42.5 Å². The quantitative estimate of drug-likeness (QED) is 0.385. The molecule has 1 atom stereocenters. The predicted octanol–water partition coefficient (Wildman–Crippen LogP) is 5.82. The average Bonchev–Trinajstić information content (AvgIpc) is 2.77. The number of hydrogen-bond donors (Lipinski definition) is 1. The van der Waals surface area contributed by atoms with Gasteiger partial charge in [-0.3, -0.25) is 9.10 Å². The molecule has 1 amide bonds. The molecule has 8 heteroatoms. The Morgan fingerprint density at radius 2 is 1.62 bits per heavy atom. The first-order valence-electron chi connectivity index (χ1n) is 10.1. The van der Waals surface area contributed by atoms with E-state index in [0.717, 1.165) is 21.9 Å². The molecule has 0 aliphatic rings. The van der Waals surface area contributed by atoms with E-state index in [4.69, 9.17) is 11.6 Å². The van der Waals surface area contributed by atoms with Gasteiger partial charge in [0.2, 0.25) is 15.9 Å². The maximum Gasteiger partial charge on any atom is 0.248 e. The largest absolute Gasteiger partial charge is 0.324 e. The van der Waals surface area contributed by atoms with Gasteiger partial charge >= 0.3 is 0 Å². The molecular weight excluding hydrogens is 464 g/mol. The van der Waals surface area contributed by atoms with Crippen LogP contribution in [0, 0.1) is 0 Å². The number of nitrogens with one attached hydrogen (secondary N) is 1. The van der Waals surface area contributed by atoms with Crippen LogP contribution in [-0.2, 0) is 20.6 Å². The number of hydrogen-bond acceptors (Lipinski definition) is 4. The van der Waals surface area contributed by atoms with E-state index in [-0.39, 0.29) is 5.91 Å². The maximum absolute atomic E-state index is 13.0. The smallest absolute Gasteiger partial charge is 0.248 e. The number of benzene rings is 3. The summed E-state index contributed by atoms with van der Waals surface area (Å²) in [6.07, 6.45) is 1.41. The number of anilines is 2. The number of thioether (sulfide) groups is 1. The molecule has 0 unspecified atom stereocenters. The lowest BCUT2D eigenvalue weighted by atomic mass is 10.1. The maximum atomic E-state index is 13.0. The average molecular weight is 489 g/mol. The fraction of sp³-hybridized carbons (Fsp3) is 0.208. The second kappa shape index (κ2) is 10.9. The minimum absolute atomic E-state index is 0.313. The van der Waals surface area contributed by atoms with Gasteiger partial charge < -0.3 is 5.32 Å². The molecule has 3 rings (SSSR count). The Kier molecular flexibility index (Phi) is 8.23. The third-order valence-electron chi connectivity index (χ3n) is 4.78. The zero-order valence-corrected chi connectivity index (χ0v) is 20.3. The Hall–Kier alpha value is -2.48. The molecule has 3 aromatic carbocycles. The molecule has 0 aliphatic heterocycles. The molecule has 0 heterocycles. The van der Waals surface area contributed by atoms with Crippen molar-refractivity contribution in [2.75, 3.05) is 15.9 Å². The van der Waals surface area contributed by atoms with Gasteiger partial charge in [0.15, 0.2) is 0 Å². The summed E-state index contributed by atoms with van der Waals surface area (Å²) in [5, 5.41) is 3.34. The number of rotatable bonds is 9. The summed E-state index contributed by atoms with van der Waals surface area (Å²) in [5.74, 6) is 0.424. The number of carbonyl (C=O) groups is 1. The van der Waals surface area contributed by atoms with Crippen LogP contribution in [0.15, 0.2) is 83.8 Å². The predicted molar refractivity (Wildman–Crippen MR) is 134 cm³/mol. The molecule has 168 valence electrons. The minimum atomic E-state index is -3.69. The summed E-state index contributed by atoms with van der Waals surface area (Å²) in [4.78, 5) is 14.2. The lowest BCUT2D eigenvalue weighted by molar-refractivity contribution is -0.117. The van der Waals surface area contributed by atoms with Gasteiger partial charge in [-0.15, -0.1) is 11.8 Å². The molecule has 32 heavy (non-hydrogen) atoms. The normalized spacial score (nSPS) is 12.2. The fourth-order valence-corrected chi connectivity index (χ4v) is 5.45. The van der Waals surface area contributed by atoms with Gasteiger partial charge in [0.05, 0.1) is 11.9 Å². The van der Waals surface area contributed by atoms with Gasteiger partial charge in [0.25, 0.3) is 0 Å². The molecule has 0 radical (unpaired) electrons. The summed E-state index contributed by atoms with van der Waals surface area (Å²) in [5.41, 5.74) is 2.14. The highest BCUT2D eigenvalue weighted by molar-refractivity contribution is 7.98. The van der Waals surface area contributed by atoms with Crippen LogP contribution in [0.1, 0.15) is 18.9 Å². The van der Waals surface area contributed by atoms with Gasteiger partial charge in [-0.1, -0.05) is 48.9 Å². The molecule has 0 saturated carbocycles. The first-order chi connectivity index (χ1) is 15.3. The van der Waals surface area contributed by atoms with Gasteiger partial charge in [-0.25, -0.2) is 8.42 Å². The number of nitrogens with zero attached hydrogens (tertiary/aromatic N) is 1. The van der Waals surface area contributed by atoms with Crippen molar-refractivity contribution < 1.29 is 13.2 Å². The van der Waals surface area contributed by atoms with Gasteiger partial charge in [-0.05, 0) is 60.5 Å². The Morgan fingerprint density at radius 1 is 1.00 bits per heavy atom. The number of carbonyl (C=O) groups excluding carboxylic acids is 1. The summed E-state index contributed by atoms with van der Waals surface area (Å²) < 4.78 is 26.2. The minimum Gasteiger partial charge on any atom is -0.324 e. The zero-order chi connectivity index (χ0) is 23.1. The van der Waals surface area contributed by atoms with E-state index in [9.17, 15) is 13.2 Å². The van der Waals surface area contributed by atoms with Crippen molar-refractivity contribution in [3.8, 4) is 0 Å². The van der Waals surface area contributed by atoms with Crippen molar-refractivity contribution in [3.05, 3.63) is 89.4 Å². The highest BCUT2D eigenvalue weighted by Crippen LogP contribution is 2.26. The van der Waals surface area contributed by atoms with Crippen molar-refractivity contribution in [2.45, 2.75) is 30.0 Å². The zero-order valence-electron chi connectivity index (χ0n) is 17.9. The van der Waals surface area contributed by atoms with Gasteiger partial charge in [0.1, 0.15) is 6.04 Å². The van der Waals surface area contributed by atoms with Crippen LogP contribution in [0.3, 0.4) is 0 Å². The molecule has 0 bridgehead atoms. The van der Waals surface area contributed by atoms with Crippen molar-refractivity contribution in [2.24, 2.45) is 0 Å². The lowest BCUT2D eigenvalue weighted by Gasteiger charge is -2.30. The fourth-order valence-electron chi connectivity index (χ4n) is 3.24.